The molecule has 2 aliphatic heterocycles. The Morgan fingerprint density at radius 2 is 1.94 bits per heavy atom. The average Bonchev–Trinajstić information content (AvgIpc) is 3.53. The maximum absolute atomic E-state index is 13.7. The second-order valence-electron chi connectivity index (χ2n) is 9.17. The third-order valence-electron chi connectivity index (χ3n) is 6.87. The van der Waals surface area contributed by atoms with Crippen molar-refractivity contribution in [3.05, 3.63) is 83.7 Å². The predicted molar refractivity (Wildman–Crippen MR) is 130 cm³/mol. The van der Waals surface area contributed by atoms with Gasteiger partial charge in [0.05, 0.1) is 19.5 Å². The first-order valence-electron chi connectivity index (χ1n) is 12.1. The highest BCUT2D eigenvalue weighted by atomic mass is 16.5. The van der Waals surface area contributed by atoms with Crippen LogP contribution in [-0.4, -0.2) is 38.7 Å². The molecule has 3 aliphatic rings. The Morgan fingerprint density at radius 1 is 1.03 bits per heavy atom. The van der Waals surface area contributed by atoms with E-state index in [2.05, 4.69) is 10.3 Å². The number of nitrogens with one attached hydrogen (secondary N) is 1. The van der Waals surface area contributed by atoms with Crippen LogP contribution < -0.4 is 14.8 Å². The maximum Gasteiger partial charge on any atom is 0.226 e. The number of furan rings is 1. The van der Waals surface area contributed by atoms with Gasteiger partial charge in [-0.05, 0) is 48.4 Å². The number of nitrogens with zero attached hydrogens (tertiary/aromatic N) is 4. The molecular weight excluding hydrogens is 458 g/mol. The van der Waals surface area contributed by atoms with Crippen LogP contribution in [0, 0.1) is 0 Å². The van der Waals surface area contributed by atoms with Crippen LogP contribution in [0.5, 0.6) is 11.5 Å². The van der Waals surface area contributed by atoms with Gasteiger partial charge in [0.2, 0.25) is 5.95 Å². The highest BCUT2D eigenvalue weighted by Gasteiger charge is 2.40. The summed E-state index contributed by atoms with van der Waals surface area (Å²) in [6.07, 6.45) is 6.93. The molecule has 180 valence electrons. The number of carbonyl (C=O) groups is 1. The zero-order valence-corrected chi connectivity index (χ0v) is 19.4. The number of ketones is 1. The summed E-state index contributed by atoms with van der Waals surface area (Å²) in [6, 6.07) is 13.0. The van der Waals surface area contributed by atoms with Crippen molar-refractivity contribution in [3.63, 3.8) is 0 Å². The van der Waals surface area contributed by atoms with E-state index >= 15 is 0 Å². The molecule has 9 nitrogen and oxygen atoms in total. The number of ether oxygens (including phenoxy) is 2. The zero-order chi connectivity index (χ0) is 24.1. The van der Waals surface area contributed by atoms with E-state index in [4.69, 9.17) is 24.0 Å². The van der Waals surface area contributed by atoms with Crippen LogP contribution in [0.1, 0.15) is 42.5 Å². The number of hydrogen-bond donors (Lipinski definition) is 1. The van der Waals surface area contributed by atoms with E-state index in [1.165, 1.54) is 0 Å². The van der Waals surface area contributed by atoms with E-state index in [0.717, 1.165) is 29.0 Å². The van der Waals surface area contributed by atoms with Crippen molar-refractivity contribution in [1.29, 1.82) is 0 Å². The number of rotatable bonds is 3. The number of hydrogen-bond acceptors (Lipinski definition) is 8. The highest BCUT2D eigenvalue weighted by molar-refractivity contribution is 6.00. The summed E-state index contributed by atoms with van der Waals surface area (Å²) >= 11 is 0. The Morgan fingerprint density at radius 3 is 2.78 bits per heavy atom. The largest absolute Gasteiger partial charge is 0.490 e. The first-order valence-corrected chi connectivity index (χ1v) is 12.1. The molecule has 0 saturated carbocycles. The Kier molecular flexibility index (Phi) is 4.87. The molecule has 5 heterocycles. The van der Waals surface area contributed by atoms with Crippen molar-refractivity contribution in [2.45, 2.75) is 31.2 Å². The van der Waals surface area contributed by atoms with Gasteiger partial charge < -0.3 is 19.2 Å². The smallest absolute Gasteiger partial charge is 0.226 e. The highest BCUT2D eigenvalue weighted by Crippen LogP contribution is 2.46. The number of pyridine rings is 1. The number of benzene rings is 1. The second kappa shape index (κ2) is 8.37. The molecule has 1 aromatic carbocycles. The molecule has 36 heavy (non-hydrogen) atoms. The van der Waals surface area contributed by atoms with Gasteiger partial charge in [-0.15, -0.1) is 5.10 Å². The first kappa shape index (κ1) is 20.9. The molecule has 1 aliphatic carbocycles. The van der Waals surface area contributed by atoms with Crippen LogP contribution in [0.25, 0.3) is 11.4 Å². The molecule has 1 N–H and O–H groups in total. The quantitative estimate of drug-likeness (QED) is 0.456. The summed E-state index contributed by atoms with van der Waals surface area (Å²) < 4.78 is 19.2. The summed E-state index contributed by atoms with van der Waals surface area (Å²) in [7, 11) is 0. The Balaban J connectivity index is 1.36. The lowest BCUT2D eigenvalue weighted by atomic mass is 9.79. The van der Waals surface area contributed by atoms with Gasteiger partial charge in [-0.2, -0.15) is 4.98 Å². The van der Waals surface area contributed by atoms with Gasteiger partial charge >= 0.3 is 0 Å². The molecule has 3 aromatic heterocycles. The third kappa shape index (κ3) is 3.46. The summed E-state index contributed by atoms with van der Waals surface area (Å²) in [5.74, 6) is 3.35. The minimum atomic E-state index is -0.448. The van der Waals surface area contributed by atoms with Crippen molar-refractivity contribution >= 4 is 11.7 Å². The first-order chi connectivity index (χ1) is 17.7. The molecule has 0 saturated heterocycles. The van der Waals surface area contributed by atoms with Crippen LogP contribution in [-0.2, 0) is 4.79 Å². The average molecular weight is 482 g/mol. The van der Waals surface area contributed by atoms with E-state index in [9.17, 15) is 4.79 Å². The summed E-state index contributed by atoms with van der Waals surface area (Å²) in [5, 5.41) is 8.24. The molecule has 2 atom stereocenters. The van der Waals surface area contributed by atoms with Crippen LogP contribution in [0.15, 0.2) is 76.8 Å². The van der Waals surface area contributed by atoms with E-state index < -0.39 is 6.04 Å². The zero-order valence-electron chi connectivity index (χ0n) is 19.4. The lowest BCUT2D eigenvalue weighted by molar-refractivity contribution is -0.117. The van der Waals surface area contributed by atoms with Crippen molar-refractivity contribution in [3.8, 4) is 22.9 Å². The fraction of sp³-hybridized carbons (Fsp3) is 0.259. The molecule has 0 spiro atoms. The Hall–Kier alpha value is -4.40. The fourth-order valence-electron chi connectivity index (χ4n) is 5.21. The minimum Gasteiger partial charge on any atom is -0.490 e. The maximum atomic E-state index is 13.7. The van der Waals surface area contributed by atoms with E-state index in [1.807, 2.05) is 42.5 Å². The fourth-order valence-corrected chi connectivity index (χ4v) is 5.21. The number of allylic oxidation sites excluding steroid dienone is 2. The van der Waals surface area contributed by atoms with Crippen LogP contribution >= 0.6 is 0 Å². The standard InChI is InChI=1S/C27H23N5O4/c33-20-13-18(21-5-2-9-34-21)12-19-24(20)25(16-6-7-22-23(14-16)36-11-3-10-35-22)32-27(29-19)30-26(31-32)17-4-1-8-28-15-17/h1-2,4-9,14-15,18,25H,3,10-13H2,(H,29,30,31). The normalized spacial score (nSPS) is 20.8. The SMILES string of the molecule is O=C1CC(c2ccco2)CC2=C1C(c1ccc3c(c1)OCCCO3)n1nc(-c3cccnc3)nc1N2. The lowest BCUT2D eigenvalue weighted by Crippen LogP contribution is -2.33. The monoisotopic (exact) mass is 481 g/mol. The summed E-state index contributed by atoms with van der Waals surface area (Å²) in [5.41, 5.74) is 3.24. The summed E-state index contributed by atoms with van der Waals surface area (Å²) in [4.78, 5) is 22.7. The minimum absolute atomic E-state index is 0.0320. The molecule has 7 rings (SSSR count). The van der Waals surface area contributed by atoms with Crippen molar-refractivity contribution in [1.82, 2.24) is 19.7 Å². The van der Waals surface area contributed by atoms with Crippen molar-refractivity contribution in [2.75, 3.05) is 18.5 Å². The van der Waals surface area contributed by atoms with Crippen LogP contribution in [0.3, 0.4) is 0 Å². The van der Waals surface area contributed by atoms with Crippen molar-refractivity contribution < 1.29 is 18.7 Å². The number of carbonyl (C=O) groups excluding carboxylic acids is 1. The van der Waals surface area contributed by atoms with Crippen LogP contribution in [0.2, 0.25) is 0 Å². The van der Waals surface area contributed by atoms with Gasteiger partial charge in [0.25, 0.3) is 0 Å². The molecule has 4 aromatic rings. The second-order valence-corrected chi connectivity index (χ2v) is 9.17. The van der Waals surface area contributed by atoms with E-state index in [1.54, 1.807) is 23.3 Å². The lowest BCUT2D eigenvalue weighted by Gasteiger charge is -2.34. The number of aromatic nitrogens is 4. The molecule has 0 fully saturated rings. The molecule has 0 radical (unpaired) electrons. The summed E-state index contributed by atoms with van der Waals surface area (Å²) in [6.45, 7) is 1.20. The Labute approximate surface area is 206 Å². The van der Waals surface area contributed by atoms with Gasteiger partial charge in [0, 0.05) is 48.0 Å². The van der Waals surface area contributed by atoms with Gasteiger partial charge in [0.1, 0.15) is 11.8 Å². The van der Waals surface area contributed by atoms with Gasteiger partial charge in [-0.1, -0.05) is 6.07 Å². The Bertz CT molecular complexity index is 1480. The molecule has 0 amide bonds. The van der Waals surface area contributed by atoms with Gasteiger partial charge in [-0.25, -0.2) is 4.68 Å². The molecule has 9 heteroatoms. The van der Waals surface area contributed by atoms with Crippen molar-refractivity contribution in [2.24, 2.45) is 0 Å². The number of anilines is 1. The van der Waals surface area contributed by atoms with E-state index in [-0.39, 0.29) is 11.7 Å². The molecule has 2 unspecified atom stereocenters. The molecular formula is C27H23N5O4. The number of Topliss-reactive ketones (excluding diaryl/α,β-unsaturated/α-hetero) is 1. The van der Waals surface area contributed by atoms with Crippen LogP contribution in [0.4, 0.5) is 5.95 Å². The number of fused-ring (bicyclic) bond motifs is 2. The topological polar surface area (TPSA) is 104 Å². The molecule has 0 bridgehead atoms. The van der Waals surface area contributed by atoms with Gasteiger partial charge in [-0.3, -0.25) is 9.78 Å². The van der Waals surface area contributed by atoms with Gasteiger partial charge in [0.15, 0.2) is 23.1 Å². The third-order valence-corrected chi connectivity index (χ3v) is 6.87. The predicted octanol–water partition coefficient (Wildman–Crippen LogP) is 4.51. The van der Waals surface area contributed by atoms with E-state index in [0.29, 0.717) is 54.9 Å².